The number of nitrogens with one attached hydrogen (secondary N) is 2. The maximum absolute atomic E-state index is 12.3. The molecule has 3 atom stereocenters. The van der Waals surface area contributed by atoms with Gasteiger partial charge in [0.15, 0.2) is 5.76 Å². The number of carbonyl (C=O) groups excluding carboxylic acids is 1. The molecule has 3 N–H and O–H groups in total. The Balaban J connectivity index is 1.21. The van der Waals surface area contributed by atoms with E-state index in [0.29, 0.717) is 25.9 Å². The fraction of sp³-hybridized carbons (Fsp3) is 0.615. The van der Waals surface area contributed by atoms with Gasteiger partial charge in [0.05, 0.1) is 24.4 Å². The molecule has 1 saturated carbocycles. The van der Waals surface area contributed by atoms with Crippen LogP contribution < -0.4 is 10.6 Å². The number of hydrogen-bond acceptors (Lipinski definition) is 6. The third-order valence-corrected chi connectivity index (χ3v) is 6.75. The summed E-state index contributed by atoms with van der Waals surface area (Å²) in [6, 6.07) is 12.4. The quantitative estimate of drug-likeness (QED) is 0.520. The first kappa shape index (κ1) is 24.7. The van der Waals surface area contributed by atoms with Crippen LogP contribution in [-0.2, 0) is 24.2 Å². The summed E-state index contributed by atoms with van der Waals surface area (Å²) in [5.74, 6) is 0.821. The summed E-state index contributed by atoms with van der Waals surface area (Å²) < 4.78 is 11.7. The van der Waals surface area contributed by atoms with Crippen molar-refractivity contribution in [2.24, 2.45) is 0 Å². The van der Waals surface area contributed by atoms with E-state index < -0.39 is 12.2 Å². The SMILES string of the molecule is CN(Cc1ccccc1)Cc1cc(CC2CCC(O)C(CNC(=O)NC3CCCCC3)O2)no1. The second-order valence-electron chi connectivity index (χ2n) is 9.78. The van der Waals surface area contributed by atoms with Gasteiger partial charge in [0.25, 0.3) is 0 Å². The lowest BCUT2D eigenvalue weighted by Gasteiger charge is -2.34. The summed E-state index contributed by atoms with van der Waals surface area (Å²) in [5, 5.41) is 20.5. The number of rotatable bonds is 9. The Morgan fingerprint density at radius 3 is 2.71 bits per heavy atom. The van der Waals surface area contributed by atoms with E-state index in [2.05, 4.69) is 39.9 Å². The van der Waals surface area contributed by atoms with Crippen LogP contribution in [0, 0.1) is 0 Å². The predicted molar refractivity (Wildman–Crippen MR) is 129 cm³/mol. The molecule has 2 amide bonds. The minimum atomic E-state index is -0.578. The highest BCUT2D eigenvalue weighted by atomic mass is 16.5. The molecule has 0 radical (unpaired) electrons. The monoisotopic (exact) mass is 470 g/mol. The molecule has 4 rings (SSSR count). The van der Waals surface area contributed by atoms with E-state index >= 15 is 0 Å². The van der Waals surface area contributed by atoms with Crippen molar-refractivity contribution in [1.29, 1.82) is 0 Å². The molecule has 2 aromatic rings. The maximum Gasteiger partial charge on any atom is 0.315 e. The Bertz CT molecular complexity index is 884. The van der Waals surface area contributed by atoms with Crippen molar-refractivity contribution >= 4 is 6.03 Å². The maximum atomic E-state index is 12.3. The first-order chi connectivity index (χ1) is 16.5. The van der Waals surface area contributed by atoms with Gasteiger partial charge in [-0.15, -0.1) is 0 Å². The zero-order valence-corrected chi connectivity index (χ0v) is 20.1. The number of aromatic nitrogens is 1. The zero-order valence-electron chi connectivity index (χ0n) is 20.1. The molecule has 8 nitrogen and oxygen atoms in total. The van der Waals surface area contributed by atoms with E-state index in [9.17, 15) is 9.90 Å². The Morgan fingerprint density at radius 2 is 1.91 bits per heavy atom. The summed E-state index contributed by atoms with van der Waals surface area (Å²) in [5.41, 5.74) is 2.11. The van der Waals surface area contributed by atoms with Crippen LogP contribution >= 0.6 is 0 Å². The molecule has 8 heteroatoms. The van der Waals surface area contributed by atoms with Crippen molar-refractivity contribution in [3.8, 4) is 0 Å². The Labute approximate surface area is 202 Å². The first-order valence-corrected chi connectivity index (χ1v) is 12.6. The number of benzene rings is 1. The molecule has 3 unspecified atom stereocenters. The number of urea groups is 1. The number of aliphatic hydroxyl groups excluding tert-OH is 1. The number of nitrogens with zero attached hydrogens (tertiary/aromatic N) is 2. The summed E-state index contributed by atoms with van der Waals surface area (Å²) in [7, 11) is 2.06. The molecule has 2 aliphatic rings. The molecule has 1 aromatic carbocycles. The van der Waals surface area contributed by atoms with Crippen LogP contribution in [0.3, 0.4) is 0 Å². The van der Waals surface area contributed by atoms with Gasteiger partial charge in [0.2, 0.25) is 0 Å². The largest absolute Gasteiger partial charge is 0.390 e. The van der Waals surface area contributed by atoms with Gasteiger partial charge in [0, 0.05) is 31.6 Å². The number of carbonyl (C=O) groups is 1. The molecular formula is C26H38N4O4. The van der Waals surface area contributed by atoms with Gasteiger partial charge >= 0.3 is 6.03 Å². The van der Waals surface area contributed by atoms with Crippen molar-refractivity contribution in [2.75, 3.05) is 13.6 Å². The molecule has 186 valence electrons. The fourth-order valence-electron chi connectivity index (χ4n) is 4.94. The summed E-state index contributed by atoms with van der Waals surface area (Å²) >= 11 is 0. The van der Waals surface area contributed by atoms with Crippen molar-refractivity contribution in [2.45, 2.75) is 88.8 Å². The van der Waals surface area contributed by atoms with Gasteiger partial charge in [-0.25, -0.2) is 4.79 Å². The van der Waals surface area contributed by atoms with E-state index in [1.54, 1.807) is 0 Å². The molecule has 2 fully saturated rings. The topological polar surface area (TPSA) is 99.9 Å². The molecule has 1 saturated heterocycles. The van der Waals surface area contributed by atoms with E-state index in [4.69, 9.17) is 9.26 Å². The Hall–Kier alpha value is -2.42. The number of aliphatic hydroxyl groups is 1. The van der Waals surface area contributed by atoms with Crippen molar-refractivity contribution in [1.82, 2.24) is 20.7 Å². The highest BCUT2D eigenvalue weighted by molar-refractivity contribution is 5.74. The average Bonchev–Trinajstić information content (AvgIpc) is 3.27. The molecule has 0 bridgehead atoms. The van der Waals surface area contributed by atoms with Crippen LogP contribution in [-0.4, -0.2) is 59.1 Å². The molecule has 2 heterocycles. The van der Waals surface area contributed by atoms with E-state index in [1.807, 2.05) is 24.3 Å². The minimum Gasteiger partial charge on any atom is -0.390 e. The van der Waals surface area contributed by atoms with E-state index in [1.165, 1.54) is 24.8 Å². The molecule has 34 heavy (non-hydrogen) atoms. The summed E-state index contributed by atoms with van der Waals surface area (Å²) in [6.07, 6.45) is 6.65. The van der Waals surface area contributed by atoms with Crippen LogP contribution in [0.4, 0.5) is 4.79 Å². The predicted octanol–water partition coefficient (Wildman–Crippen LogP) is 3.39. The standard InChI is InChI=1S/C26H38N4O4/c1-30(17-19-8-4-2-5-9-19)18-23-15-21(29-34-23)14-22-12-13-24(31)25(33-22)16-27-26(32)28-20-10-6-3-7-11-20/h2,4-5,8-9,15,20,22,24-25,31H,3,6-7,10-14,16-18H2,1H3,(H2,27,28,32). The summed E-state index contributed by atoms with van der Waals surface area (Å²) in [4.78, 5) is 14.4. The number of hydrogen-bond donors (Lipinski definition) is 3. The van der Waals surface area contributed by atoms with Gasteiger partial charge in [-0.2, -0.15) is 0 Å². The van der Waals surface area contributed by atoms with Gasteiger partial charge in [0.1, 0.15) is 6.10 Å². The van der Waals surface area contributed by atoms with Crippen molar-refractivity contribution < 1.29 is 19.2 Å². The minimum absolute atomic E-state index is 0.0587. The van der Waals surface area contributed by atoms with Crippen LogP contribution in [0.2, 0.25) is 0 Å². The lowest BCUT2D eigenvalue weighted by atomic mass is 9.96. The molecule has 1 aliphatic carbocycles. The van der Waals surface area contributed by atoms with Gasteiger partial charge in [-0.1, -0.05) is 54.8 Å². The van der Waals surface area contributed by atoms with Crippen molar-refractivity contribution in [3.05, 3.63) is 53.4 Å². The summed E-state index contributed by atoms with van der Waals surface area (Å²) in [6.45, 7) is 1.81. The Morgan fingerprint density at radius 1 is 1.12 bits per heavy atom. The lowest BCUT2D eigenvalue weighted by Crippen LogP contribution is -2.50. The second kappa shape index (κ2) is 12.3. The average molecular weight is 471 g/mol. The first-order valence-electron chi connectivity index (χ1n) is 12.6. The molecule has 1 aromatic heterocycles. The number of amides is 2. The van der Waals surface area contributed by atoms with E-state index in [0.717, 1.165) is 37.3 Å². The lowest BCUT2D eigenvalue weighted by molar-refractivity contribution is -0.113. The second-order valence-corrected chi connectivity index (χ2v) is 9.78. The fourth-order valence-corrected chi connectivity index (χ4v) is 4.94. The van der Waals surface area contributed by atoms with Crippen molar-refractivity contribution in [3.63, 3.8) is 0 Å². The third kappa shape index (κ3) is 7.55. The van der Waals surface area contributed by atoms with Gasteiger partial charge in [-0.05, 0) is 38.3 Å². The highest BCUT2D eigenvalue weighted by Gasteiger charge is 2.31. The normalized spacial score (nSPS) is 23.7. The highest BCUT2D eigenvalue weighted by Crippen LogP contribution is 2.23. The van der Waals surface area contributed by atoms with Crippen LogP contribution in [0.5, 0.6) is 0 Å². The molecule has 0 spiro atoms. The van der Waals surface area contributed by atoms with Crippen LogP contribution in [0.15, 0.2) is 40.9 Å². The number of ether oxygens (including phenoxy) is 1. The van der Waals surface area contributed by atoms with Gasteiger partial charge in [-0.3, -0.25) is 4.90 Å². The van der Waals surface area contributed by atoms with E-state index in [-0.39, 0.29) is 18.2 Å². The smallest absolute Gasteiger partial charge is 0.315 e. The third-order valence-electron chi connectivity index (χ3n) is 6.75. The van der Waals surface area contributed by atoms with Gasteiger partial charge < -0.3 is 25.0 Å². The van der Waals surface area contributed by atoms with Crippen LogP contribution in [0.1, 0.15) is 62.0 Å². The van der Waals surface area contributed by atoms with Crippen LogP contribution in [0.25, 0.3) is 0 Å². The molecule has 1 aliphatic heterocycles. The Kier molecular flexibility index (Phi) is 8.96. The molecular weight excluding hydrogens is 432 g/mol. The zero-order chi connectivity index (χ0) is 23.8.